The lowest BCUT2D eigenvalue weighted by molar-refractivity contribution is 0.415. The third kappa shape index (κ3) is 5.21. The van der Waals surface area contributed by atoms with E-state index in [2.05, 4.69) is 25.2 Å². The van der Waals surface area contributed by atoms with Gasteiger partial charge in [-0.15, -0.1) is 0 Å². The van der Waals surface area contributed by atoms with E-state index < -0.39 is 0 Å². The van der Waals surface area contributed by atoms with E-state index in [4.69, 9.17) is 10.00 Å². The number of ether oxygens (including phenoxy) is 1. The molecule has 0 radical (unpaired) electrons. The minimum Gasteiger partial charge on any atom is -0.497 e. The molecule has 1 aromatic carbocycles. The smallest absolute Gasteiger partial charge is 0.121 e. The van der Waals surface area contributed by atoms with Gasteiger partial charge in [0.2, 0.25) is 0 Å². The molecule has 0 amide bonds. The number of hydrogen-bond acceptors (Lipinski definition) is 3. The van der Waals surface area contributed by atoms with E-state index in [0.29, 0.717) is 11.6 Å². The Balaban J connectivity index is 2.57. The van der Waals surface area contributed by atoms with Crippen LogP contribution in [0.2, 0.25) is 0 Å². The lowest BCUT2D eigenvalue weighted by Crippen LogP contribution is -2.15. The Morgan fingerprint density at radius 1 is 1.32 bits per heavy atom. The molecule has 0 saturated carbocycles. The first-order valence-corrected chi connectivity index (χ1v) is 7.06. The van der Waals surface area contributed by atoms with E-state index in [-0.39, 0.29) is 0 Å². The maximum Gasteiger partial charge on any atom is 0.121 e. The Hall–Kier alpha value is -1.69. The number of nitriles is 1. The minimum absolute atomic E-state index is 0.371. The average molecular weight is 260 g/mol. The fourth-order valence-corrected chi connectivity index (χ4v) is 2.08. The van der Waals surface area contributed by atoms with Crippen molar-refractivity contribution in [2.45, 2.75) is 52.0 Å². The van der Waals surface area contributed by atoms with Crippen LogP contribution >= 0.6 is 0 Å². The zero-order chi connectivity index (χ0) is 14.1. The molecule has 1 unspecified atom stereocenters. The number of methoxy groups -OCH3 is 1. The van der Waals surface area contributed by atoms with Crippen LogP contribution in [0.5, 0.6) is 5.75 Å². The van der Waals surface area contributed by atoms with Gasteiger partial charge in [-0.1, -0.05) is 32.6 Å². The van der Waals surface area contributed by atoms with Gasteiger partial charge in [-0.2, -0.15) is 5.26 Å². The lowest BCUT2D eigenvalue weighted by atomic mass is 10.1. The van der Waals surface area contributed by atoms with Crippen LogP contribution in [0, 0.1) is 11.3 Å². The van der Waals surface area contributed by atoms with E-state index in [1.54, 1.807) is 13.2 Å². The highest BCUT2D eigenvalue weighted by molar-refractivity contribution is 5.60. The molecule has 3 nitrogen and oxygen atoms in total. The third-order valence-corrected chi connectivity index (χ3v) is 3.24. The second-order valence-electron chi connectivity index (χ2n) is 4.92. The highest BCUT2D eigenvalue weighted by Gasteiger charge is 2.07. The van der Waals surface area contributed by atoms with Crippen molar-refractivity contribution < 1.29 is 4.74 Å². The summed E-state index contributed by atoms with van der Waals surface area (Å²) in [6, 6.07) is 8.08. The summed E-state index contributed by atoms with van der Waals surface area (Å²) in [6.45, 7) is 4.38. The van der Waals surface area contributed by atoms with Gasteiger partial charge in [0.15, 0.2) is 0 Å². The summed E-state index contributed by atoms with van der Waals surface area (Å²) in [7, 11) is 1.64. The van der Waals surface area contributed by atoms with Crippen molar-refractivity contribution in [1.29, 1.82) is 5.26 Å². The number of rotatable bonds is 8. The van der Waals surface area contributed by atoms with Crippen molar-refractivity contribution in [3.8, 4) is 11.8 Å². The SMILES string of the molecule is CCCCCCC(C)Nc1cc(OC)ccc1C#N. The molecule has 1 atom stereocenters. The van der Waals surface area contributed by atoms with Gasteiger partial charge < -0.3 is 10.1 Å². The minimum atomic E-state index is 0.371. The standard InChI is InChI=1S/C16H24N2O/c1-4-5-6-7-8-13(2)18-16-11-15(19-3)10-9-14(16)12-17/h9-11,13,18H,4-8H2,1-3H3. The van der Waals surface area contributed by atoms with Crippen molar-refractivity contribution in [3.63, 3.8) is 0 Å². The molecule has 0 bridgehead atoms. The van der Waals surface area contributed by atoms with Crippen LogP contribution in [-0.4, -0.2) is 13.2 Å². The van der Waals surface area contributed by atoms with E-state index in [0.717, 1.165) is 17.9 Å². The summed E-state index contributed by atoms with van der Waals surface area (Å²) < 4.78 is 5.20. The zero-order valence-corrected chi connectivity index (χ0v) is 12.2. The highest BCUT2D eigenvalue weighted by Crippen LogP contribution is 2.23. The Kier molecular flexibility index (Phi) is 6.81. The van der Waals surface area contributed by atoms with Crippen molar-refractivity contribution >= 4 is 5.69 Å². The number of hydrogen-bond donors (Lipinski definition) is 1. The number of anilines is 1. The van der Waals surface area contributed by atoms with Gasteiger partial charge in [0.05, 0.1) is 18.4 Å². The van der Waals surface area contributed by atoms with Crippen LogP contribution in [0.25, 0.3) is 0 Å². The predicted octanol–water partition coefficient (Wildman–Crippen LogP) is 4.34. The number of unbranched alkanes of at least 4 members (excludes halogenated alkanes) is 3. The van der Waals surface area contributed by atoms with Crippen LogP contribution < -0.4 is 10.1 Å². The van der Waals surface area contributed by atoms with Crippen LogP contribution in [0.15, 0.2) is 18.2 Å². The lowest BCUT2D eigenvalue weighted by Gasteiger charge is -2.16. The molecule has 19 heavy (non-hydrogen) atoms. The first-order chi connectivity index (χ1) is 9.21. The summed E-state index contributed by atoms with van der Waals surface area (Å²) in [5.74, 6) is 0.777. The molecule has 0 heterocycles. The summed E-state index contributed by atoms with van der Waals surface area (Å²) in [4.78, 5) is 0. The maximum atomic E-state index is 9.11. The number of nitrogens with zero attached hydrogens (tertiary/aromatic N) is 1. The van der Waals surface area contributed by atoms with Crippen molar-refractivity contribution in [2.24, 2.45) is 0 Å². The van der Waals surface area contributed by atoms with Gasteiger partial charge in [0.1, 0.15) is 11.8 Å². The molecular weight excluding hydrogens is 236 g/mol. The van der Waals surface area contributed by atoms with Gasteiger partial charge in [0.25, 0.3) is 0 Å². The Bertz CT molecular complexity index is 423. The monoisotopic (exact) mass is 260 g/mol. The molecule has 0 saturated heterocycles. The molecule has 0 spiro atoms. The van der Waals surface area contributed by atoms with Crippen LogP contribution in [0.4, 0.5) is 5.69 Å². The summed E-state index contributed by atoms with van der Waals surface area (Å²) >= 11 is 0. The van der Waals surface area contributed by atoms with Gasteiger partial charge in [-0.05, 0) is 25.5 Å². The highest BCUT2D eigenvalue weighted by atomic mass is 16.5. The number of benzene rings is 1. The molecule has 0 aliphatic heterocycles. The van der Waals surface area contributed by atoms with Crippen molar-refractivity contribution in [3.05, 3.63) is 23.8 Å². The van der Waals surface area contributed by atoms with Crippen LogP contribution in [0.3, 0.4) is 0 Å². The molecular formula is C16H24N2O. The largest absolute Gasteiger partial charge is 0.497 e. The van der Waals surface area contributed by atoms with Crippen molar-refractivity contribution in [1.82, 2.24) is 0 Å². The van der Waals surface area contributed by atoms with E-state index in [1.165, 1.54) is 25.7 Å². The first-order valence-electron chi connectivity index (χ1n) is 7.06. The maximum absolute atomic E-state index is 9.11. The Morgan fingerprint density at radius 3 is 2.74 bits per heavy atom. The molecule has 0 fully saturated rings. The summed E-state index contributed by atoms with van der Waals surface area (Å²) in [6.07, 6.45) is 6.20. The third-order valence-electron chi connectivity index (χ3n) is 3.24. The van der Waals surface area contributed by atoms with Gasteiger partial charge in [0, 0.05) is 12.1 Å². The first kappa shape index (κ1) is 15.4. The molecule has 0 aliphatic rings. The molecule has 104 valence electrons. The van der Waals surface area contributed by atoms with Crippen LogP contribution in [0.1, 0.15) is 51.5 Å². The number of nitrogens with one attached hydrogen (secondary N) is 1. The summed E-state index contributed by atoms with van der Waals surface area (Å²) in [5.41, 5.74) is 1.53. The Labute approximate surface area is 116 Å². The average Bonchev–Trinajstić information content (AvgIpc) is 2.43. The fourth-order valence-electron chi connectivity index (χ4n) is 2.08. The van der Waals surface area contributed by atoms with Crippen molar-refractivity contribution in [2.75, 3.05) is 12.4 Å². The van der Waals surface area contributed by atoms with Gasteiger partial charge in [-0.25, -0.2) is 0 Å². The normalized spacial score (nSPS) is 11.7. The van der Waals surface area contributed by atoms with Gasteiger partial charge in [-0.3, -0.25) is 0 Å². The topological polar surface area (TPSA) is 45.0 Å². The molecule has 3 heteroatoms. The molecule has 0 aliphatic carbocycles. The zero-order valence-electron chi connectivity index (χ0n) is 12.2. The molecule has 1 rings (SSSR count). The molecule has 1 aromatic rings. The molecule has 0 aromatic heterocycles. The van der Waals surface area contributed by atoms with Crippen LogP contribution in [-0.2, 0) is 0 Å². The second kappa shape index (κ2) is 8.42. The predicted molar refractivity (Wildman–Crippen MR) is 79.6 cm³/mol. The second-order valence-corrected chi connectivity index (χ2v) is 4.92. The fraction of sp³-hybridized carbons (Fsp3) is 0.562. The Morgan fingerprint density at radius 2 is 2.11 bits per heavy atom. The quantitative estimate of drug-likeness (QED) is 0.707. The van der Waals surface area contributed by atoms with E-state index in [9.17, 15) is 0 Å². The molecule has 1 N–H and O–H groups in total. The van der Waals surface area contributed by atoms with E-state index >= 15 is 0 Å². The van der Waals surface area contributed by atoms with E-state index in [1.807, 2.05) is 12.1 Å². The summed E-state index contributed by atoms with van der Waals surface area (Å²) in [5, 5.41) is 12.5. The van der Waals surface area contributed by atoms with Gasteiger partial charge >= 0.3 is 0 Å².